The number of rotatable bonds is 8. The third-order valence-corrected chi connectivity index (χ3v) is 5.10. The zero-order valence-corrected chi connectivity index (χ0v) is 14.5. The van der Waals surface area contributed by atoms with Crippen LogP contribution in [0.4, 0.5) is 0 Å². The minimum Gasteiger partial charge on any atom is -0.369 e. The predicted octanol–water partition coefficient (Wildman–Crippen LogP) is 2.86. The minimum atomic E-state index is -0.309. The monoisotopic (exact) mass is 308 g/mol. The summed E-state index contributed by atoms with van der Waals surface area (Å²) in [6.45, 7) is 8.15. The van der Waals surface area contributed by atoms with Crippen LogP contribution in [0.1, 0.15) is 66.2 Å². The highest BCUT2D eigenvalue weighted by Gasteiger charge is 2.42. The molecule has 0 aromatic rings. The van der Waals surface area contributed by atoms with Crippen molar-refractivity contribution in [3.63, 3.8) is 0 Å². The number of nitrogens with one attached hydrogen (secondary N) is 1. The van der Waals surface area contributed by atoms with Crippen LogP contribution >= 0.6 is 0 Å². The molecule has 0 saturated heterocycles. The zero-order chi connectivity index (χ0) is 16.5. The molecule has 2 aliphatic carbocycles. The second-order valence-corrected chi connectivity index (χ2v) is 8.58. The molecule has 22 heavy (non-hydrogen) atoms. The quantitative estimate of drug-likeness (QED) is 0.723. The summed E-state index contributed by atoms with van der Waals surface area (Å²) >= 11 is 0. The van der Waals surface area contributed by atoms with Crippen molar-refractivity contribution in [3.8, 4) is 0 Å². The van der Waals surface area contributed by atoms with E-state index < -0.39 is 0 Å². The van der Waals surface area contributed by atoms with Crippen LogP contribution in [0.5, 0.6) is 0 Å². The van der Waals surface area contributed by atoms with Crippen LogP contribution in [-0.2, 0) is 9.59 Å². The third kappa shape index (κ3) is 5.29. The van der Waals surface area contributed by atoms with E-state index in [9.17, 15) is 9.59 Å². The summed E-state index contributed by atoms with van der Waals surface area (Å²) in [5, 5.41) is 3.06. The van der Waals surface area contributed by atoms with E-state index in [1.54, 1.807) is 0 Å². The van der Waals surface area contributed by atoms with Gasteiger partial charge in [-0.1, -0.05) is 19.8 Å². The van der Waals surface area contributed by atoms with E-state index >= 15 is 0 Å². The van der Waals surface area contributed by atoms with Gasteiger partial charge >= 0.3 is 0 Å². The first-order valence-corrected chi connectivity index (χ1v) is 8.78. The average Bonchev–Trinajstić information content (AvgIpc) is 3.25. The van der Waals surface area contributed by atoms with Gasteiger partial charge in [-0.15, -0.1) is 0 Å². The topological polar surface area (TPSA) is 72.2 Å². The van der Waals surface area contributed by atoms with E-state index in [2.05, 4.69) is 12.2 Å². The van der Waals surface area contributed by atoms with Gasteiger partial charge in [-0.05, 0) is 64.2 Å². The smallest absolute Gasteiger partial charge is 0.224 e. The van der Waals surface area contributed by atoms with Crippen molar-refractivity contribution in [3.05, 3.63) is 0 Å². The number of primary amides is 1. The number of carbonyl (C=O) groups excluding carboxylic acids is 2. The maximum Gasteiger partial charge on any atom is 0.224 e. The number of carbonyl (C=O) groups is 2. The third-order valence-electron chi connectivity index (χ3n) is 5.10. The fourth-order valence-corrected chi connectivity index (χ4v) is 3.33. The van der Waals surface area contributed by atoms with Crippen LogP contribution in [0, 0.1) is 29.6 Å². The maximum absolute atomic E-state index is 12.7. The lowest BCUT2D eigenvalue weighted by Crippen LogP contribution is -2.47. The van der Waals surface area contributed by atoms with Gasteiger partial charge in [0.05, 0.1) is 0 Å². The highest BCUT2D eigenvalue weighted by atomic mass is 16.2. The minimum absolute atomic E-state index is 0.00574. The molecule has 2 amide bonds. The van der Waals surface area contributed by atoms with Gasteiger partial charge in [-0.3, -0.25) is 9.59 Å². The van der Waals surface area contributed by atoms with Crippen LogP contribution in [0.2, 0.25) is 0 Å². The molecule has 4 atom stereocenters. The van der Waals surface area contributed by atoms with E-state index in [1.165, 1.54) is 19.3 Å². The first-order chi connectivity index (χ1) is 10.2. The standard InChI is InChI=1S/C18H32N2O2/c1-11-9-13(11)10-15(17(22)20-18(2,3)4)14(16(19)21)8-7-12-5-6-12/h11-15H,5-10H2,1-4H3,(H2,19,21)(H,20,22)/t11?,13?,14-,15+/m0/s1. The average molecular weight is 308 g/mol. The van der Waals surface area contributed by atoms with Gasteiger partial charge in [-0.2, -0.15) is 0 Å². The zero-order valence-electron chi connectivity index (χ0n) is 14.5. The Hall–Kier alpha value is -1.06. The molecule has 0 radical (unpaired) electrons. The summed E-state index contributed by atoms with van der Waals surface area (Å²) in [6.07, 6.45) is 6.32. The molecular weight excluding hydrogens is 276 g/mol. The largest absolute Gasteiger partial charge is 0.369 e. The van der Waals surface area contributed by atoms with Gasteiger partial charge in [0.2, 0.25) is 11.8 Å². The van der Waals surface area contributed by atoms with Crippen LogP contribution < -0.4 is 11.1 Å². The highest BCUT2D eigenvalue weighted by Crippen LogP contribution is 2.45. The molecule has 2 aliphatic rings. The molecule has 0 aromatic heterocycles. The molecule has 126 valence electrons. The molecule has 0 aliphatic heterocycles. The number of hydrogen-bond donors (Lipinski definition) is 2. The van der Waals surface area contributed by atoms with Crippen molar-refractivity contribution >= 4 is 11.8 Å². The van der Waals surface area contributed by atoms with Crippen LogP contribution in [0.15, 0.2) is 0 Å². The van der Waals surface area contributed by atoms with Crippen molar-refractivity contribution in [2.75, 3.05) is 0 Å². The summed E-state index contributed by atoms with van der Waals surface area (Å²) in [5.41, 5.74) is 5.38. The molecule has 4 nitrogen and oxygen atoms in total. The van der Waals surface area contributed by atoms with Crippen molar-refractivity contribution < 1.29 is 9.59 Å². The highest BCUT2D eigenvalue weighted by molar-refractivity contribution is 5.87. The van der Waals surface area contributed by atoms with Gasteiger partial charge in [0.15, 0.2) is 0 Å². The van der Waals surface area contributed by atoms with Crippen LogP contribution in [0.3, 0.4) is 0 Å². The maximum atomic E-state index is 12.7. The molecule has 4 heteroatoms. The number of hydrogen-bond acceptors (Lipinski definition) is 2. The number of nitrogens with two attached hydrogens (primary N) is 1. The van der Waals surface area contributed by atoms with Crippen LogP contribution in [0.25, 0.3) is 0 Å². The van der Waals surface area contributed by atoms with Crippen molar-refractivity contribution in [1.82, 2.24) is 5.32 Å². The van der Waals surface area contributed by atoms with Gasteiger partial charge in [-0.25, -0.2) is 0 Å². The number of amides is 2. The first-order valence-electron chi connectivity index (χ1n) is 8.78. The first kappa shape index (κ1) is 17.3. The van der Waals surface area contributed by atoms with Crippen molar-refractivity contribution in [2.24, 2.45) is 35.3 Å². The van der Waals surface area contributed by atoms with E-state index in [0.717, 1.165) is 25.2 Å². The Morgan fingerprint density at radius 1 is 1.23 bits per heavy atom. The Bertz CT molecular complexity index is 423. The second kappa shape index (κ2) is 6.59. The molecule has 0 spiro atoms. The van der Waals surface area contributed by atoms with Crippen molar-refractivity contribution in [2.45, 2.75) is 71.8 Å². The second-order valence-electron chi connectivity index (χ2n) is 8.58. The van der Waals surface area contributed by atoms with Crippen molar-refractivity contribution in [1.29, 1.82) is 0 Å². The molecule has 0 heterocycles. The fourth-order valence-electron chi connectivity index (χ4n) is 3.33. The van der Waals surface area contributed by atoms with Gasteiger partial charge < -0.3 is 11.1 Å². The van der Waals surface area contributed by atoms with Gasteiger partial charge in [0, 0.05) is 17.4 Å². The molecule has 2 saturated carbocycles. The van der Waals surface area contributed by atoms with E-state index in [0.29, 0.717) is 11.8 Å². The molecule has 2 rings (SSSR count). The lowest BCUT2D eigenvalue weighted by Gasteiger charge is -2.29. The molecule has 0 bridgehead atoms. The SMILES string of the molecule is CC1CC1C[C@@H](C(=O)NC(C)(C)C)[C@H](CCC1CC1)C(N)=O. The Morgan fingerprint density at radius 3 is 2.23 bits per heavy atom. The Balaban J connectivity index is 2.04. The lowest BCUT2D eigenvalue weighted by atomic mass is 9.82. The van der Waals surface area contributed by atoms with E-state index in [4.69, 9.17) is 5.73 Å². The Morgan fingerprint density at radius 2 is 1.82 bits per heavy atom. The summed E-state index contributed by atoms with van der Waals surface area (Å²) in [6, 6.07) is 0. The molecule has 3 N–H and O–H groups in total. The van der Waals surface area contributed by atoms with Crippen LogP contribution in [-0.4, -0.2) is 17.4 Å². The summed E-state index contributed by atoms with van der Waals surface area (Å²) in [5.74, 6) is 1.16. The summed E-state index contributed by atoms with van der Waals surface area (Å²) < 4.78 is 0. The summed E-state index contributed by atoms with van der Waals surface area (Å²) in [4.78, 5) is 24.7. The van der Waals surface area contributed by atoms with E-state index in [1.807, 2.05) is 20.8 Å². The Labute approximate surface area is 134 Å². The van der Waals surface area contributed by atoms with E-state index in [-0.39, 0.29) is 29.2 Å². The fraction of sp³-hybridized carbons (Fsp3) is 0.889. The normalized spacial score (nSPS) is 27.1. The molecular formula is C18H32N2O2. The molecule has 2 unspecified atom stereocenters. The lowest BCUT2D eigenvalue weighted by molar-refractivity contribution is -0.135. The predicted molar refractivity (Wildman–Crippen MR) is 87.9 cm³/mol. The van der Waals surface area contributed by atoms with Gasteiger partial charge in [0.1, 0.15) is 0 Å². The molecule has 2 fully saturated rings. The Kier molecular flexibility index (Phi) is 5.18. The summed E-state index contributed by atoms with van der Waals surface area (Å²) in [7, 11) is 0. The van der Waals surface area contributed by atoms with Gasteiger partial charge in [0.25, 0.3) is 0 Å². The molecule has 0 aromatic carbocycles.